The van der Waals surface area contributed by atoms with Gasteiger partial charge in [0.05, 0.1) is 6.42 Å². The van der Waals surface area contributed by atoms with E-state index in [1.165, 1.54) is 0 Å². The van der Waals surface area contributed by atoms with Gasteiger partial charge in [0.1, 0.15) is 17.3 Å². The zero-order valence-corrected chi connectivity index (χ0v) is 9.33. The van der Waals surface area contributed by atoms with Crippen LogP contribution >= 0.6 is 0 Å². The molecule has 0 atom stereocenters. The summed E-state index contributed by atoms with van der Waals surface area (Å²) >= 11 is 0. The van der Waals surface area contributed by atoms with E-state index in [-0.39, 0.29) is 42.5 Å². The lowest BCUT2D eigenvalue weighted by Gasteiger charge is -2.18. The van der Waals surface area contributed by atoms with Gasteiger partial charge in [-0.2, -0.15) is 0 Å². The molecule has 0 N–H and O–H groups in total. The fourth-order valence-electron chi connectivity index (χ4n) is 1.94. The Morgan fingerprint density at radius 2 is 1.88 bits per heavy atom. The number of rotatable bonds is 5. The summed E-state index contributed by atoms with van der Waals surface area (Å²) in [6.45, 7) is 0. The molecule has 1 saturated carbocycles. The monoisotopic (exact) mass is 220 g/mol. The molecule has 0 bridgehead atoms. The minimum Gasteiger partial charge on any atom is -0.299 e. The summed E-state index contributed by atoms with van der Waals surface area (Å²) in [6, 6.07) is 0. The van der Waals surface area contributed by atoms with Crippen molar-refractivity contribution in [3.05, 3.63) is 0 Å². The van der Waals surface area contributed by atoms with Crippen LogP contribution in [0.5, 0.6) is 0 Å². The number of terminal acetylenes is 1. The highest BCUT2D eigenvalue weighted by Gasteiger charge is 2.29. The van der Waals surface area contributed by atoms with Crippen LogP contribution < -0.4 is 0 Å². The van der Waals surface area contributed by atoms with Crippen molar-refractivity contribution in [1.82, 2.24) is 0 Å². The average Bonchev–Trinajstić information content (AvgIpc) is 2.22. The maximum atomic E-state index is 11.7. The third-order valence-electron chi connectivity index (χ3n) is 2.79. The zero-order chi connectivity index (χ0) is 12.0. The van der Waals surface area contributed by atoms with Crippen molar-refractivity contribution < 1.29 is 14.4 Å². The quantitative estimate of drug-likeness (QED) is 0.402. The van der Waals surface area contributed by atoms with E-state index in [9.17, 15) is 14.4 Å². The van der Waals surface area contributed by atoms with Crippen molar-refractivity contribution >= 4 is 17.3 Å². The van der Waals surface area contributed by atoms with Crippen molar-refractivity contribution in [2.24, 2.45) is 5.92 Å². The van der Waals surface area contributed by atoms with Gasteiger partial charge in [0.2, 0.25) is 0 Å². The lowest BCUT2D eigenvalue weighted by atomic mass is 9.83. The van der Waals surface area contributed by atoms with E-state index >= 15 is 0 Å². The van der Waals surface area contributed by atoms with E-state index in [4.69, 9.17) is 6.42 Å². The lowest BCUT2D eigenvalue weighted by Crippen LogP contribution is -2.28. The fraction of sp³-hybridized carbons (Fsp3) is 0.615. The average molecular weight is 220 g/mol. The molecule has 1 fully saturated rings. The van der Waals surface area contributed by atoms with Gasteiger partial charge in [0, 0.05) is 31.6 Å². The standard InChI is InChI=1S/C13H16O3/c1-2-3-4-5-6-13(16)10-7-11(14)9-12(15)8-10/h1,10H,3-9H2. The van der Waals surface area contributed by atoms with Crippen LogP contribution in [0.4, 0.5) is 0 Å². The lowest BCUT2D eigenvalue weighted by molar-refractivity contribution is -0.137. The van der Waals surface area contributed by atoms with Crippen molar-refractivity contribution in [3.63, 3.8) is 0 Å². The van der Waals surface area contributed by atoms with Gasteiger partial charge in [0.15, 0.2) is 0 Å². The van der Waals surface area contributed by atoms with Crippen LogP contribution in [0.1, 0.15) is 44.9 Å². The van der Waals surface area contributed by atoms with Crippen LogP contribution in [0.15, 0.2) is 0 Å². The van der Waals surface area contributed by atoms with Crippen molar-refractivity contribution in [2.45, 2.75) is 44.9 Å². The second kappa shape index (κ2) is 6.22. The molecule has 3 nitrogen and oxygen atoms in total. The Morgan fingerprint density at radius 1 is 1.25 bits per heavy atom. The number of carbonyl (C=O) groups is 3. The van der Waals surface area contributed by atoms with E-state index in [1.807, 2.05) is 0 Å². The molecule has 0 aromatic carbocycles. The highest BCUT2D eigenvalue weighted by Crippen LogP contribution is 2.21. The van der Waals surface area contributed by atoms with Crippen LogP contribution in [0, 0.1) is 18.3 Å². The molecule has 16 heavy (non-hydrogen) atoms. The van der Waals surface area contributed by atoms with Gasteiger partial charge in [-0.05, 0) is 12.8 Å². The molecule has 0 aliphatic heterocycles. The minimum atomic E-state index is -0.361. The first-order valence-corrected chi connectivity index (χ1v) is 5.63. The Labute approximate surface area is 95.6 Å². The Hall–Kier alpha value is -1.43. The molecule has 0 amide bonds. The smallest absolute Gasteiger partial charge is 0.140 e. The van der Waals surface area contributed by atoms with E-state index in [0.717, 1.165) is 12.8 Å². The van der Waals surface area contributed by atoms with Gasteiger partial charge in [-0.25, -0.2) is 0 Å². The predicted octanol–water partition coefficient (Wildman–Crippen LogP) is 1.69. The first-order valence-electron chi connectivity index (χ1n) is 5.63. The number of ketones is 3. The summed E-state index contributed by atoms with van der Waals surface area (Å²) in [4.78, 5) is 34.0. The predicted molar refractivity (Wildman–Crippen MR) is 59.7 cm³/mol. The number of hydrogen-bond acceptors (Lipinski definition) is 3. The first-order chi connectivity index (χ1) is 7.63. The van der Waals surface area contributed by atoms with Gasteiger partial charge in [-0.1, -0.05) is 0 Å². The molecule has 0 radical (unpaired) electrons. The molecule has 0 spiro atoms. The molecular weight excluding hydrogens is 204 g/mol. The van der Waals surface area contributed by atoms with Crippen LogP contribution in [0.2, 0.25) is 0 Å². The number of unbranched alkanes of at least 4 members (excludes halogenated alkanes) is 2. The van der Waals surface area contributed by atoms with Gasteiger partial charge in [-0.15, -0.1) is 12.3 Å². The van der Waals surface area contributed by atoms with Crippen molar-refractivity contribution in [2.75, 3.05) is 0 Å². The van der Waals surface area contributed by atoms with Gasteiger partial charge in [-0.3, -0.25) is 14.4 Å². The molecule has 1 aliphatic rings. The van der Waals surface area contributed by atoms with Crippen molar-refractivity contribution in [3.8, 4) is 12.3 Å². The molecule has 1 rings (SSSR count). The Morgan fingerprint density at radius 3 is 2.44 bits per heavy atom. The van der Waals surface area contributed by atoms with Gasteiger partial charge in [0.25, 0.3) is 0 Å². The highest BCUT2D eigenvalue weighted by atomic mass is 16.2. The molecular formula is C13H16O3. The van der Waals surface area contributed by atoms with Crippen molar-refractivity contribution in [1.29, 1.82) is 0 Å². The van der Waals surface area contributed by atoms with E-state index in [0.29, 0.717) is 12.8 Å². The largest absolute Gasteiger partial charge is 0.299 e. The maximum absolute atomic E-state index is 11.7. The maximum Gasteiger partial charge on any atom is 0.140 e. The van der Waals surface area contributed by atoms with Crippen LogP contribution in [-0.4, -0.2) is 17.3 Å². The van der Waals surface area contributed by atoms with Gasteiger partial charge < -0.3 is 0 Å². The van der Waals surface area contributed by atoms with E-state index < -0.39 is 0 Å². The topological polar surface area (TPSA) is 51.2 Å². The second-order valence-electron chi connectivity index (χ2n) is 4.24. The third kappa shape index (κ3) is 3.98. The summed E-state index contributed by atoms with van der Waals surface area (Å²) in [5, 5.41) is 0. The highest BCUT2D eigenvalue weighted by molar-refractivity contribution is 6.05. The summed E-state index contributed by atoms with van der Waals surface area (Å²) < 4.78 is 0. The Bertz CT molecular complexity index is 320. The first kappa shape index (κ1) is 12.6. The Balaban J connectivity index is 2.33. The third-order valence-corrected chi connectivity index (χ3v) is 2.79. The van der Waals surface area contributed by atoms with Crippen LogP contribution in [0.3, 0.4) is 0 Å². The second-order valence-corrected chi connectivity index (χ2v) is 4.24. The molecule has 0 aromatic rings. The summed E-state index contributed by atoms with van der Waals surface area (Å²) in [6.07, 6.45) is 8.31. The Kier molecular flexibility index (Phi) is 4.91. The van der Waals surface area contributed by atoms with Crippen LogP contribution in [-0.2, 0) is 14.4 Å². The molecule has 0 aromatic heterocycles. The number of carbonyl (C=O) groups excluding carboxylic acids is 3. The van der Waals surface area contributed by atoms with E-state index in [2.05, 4.69) is 5.92 Å². The summed E-state index contributed by atoms with van der Waals surface area (Å²) in [5.41, 5.74) is 0. The summed E-state index contributed by atoms with van der Waals surface area (Å²) in [7, 11) is 0. The number of hydrogen-bond donors (Lipinski definition) is 0. The minimum absolute atomic E-state index is 0.0148. The molecule has 0 heterocycles. The fourth-order valence-corrected chi connectivity index (χ4v) is 1.94. The molecule has 0 unspecified atom stereocenters. The van der Waals surface area contributed by atoms with E-state index in [1.54, 1.807) is 0 Å². The number of Topliss-reactive ketones (excluding diaryl/α,β-unsaturated/α-hetero) is 3. The van der Waals surface area contributed by atoms with Crippen LogP contribution in [0.25, 0.3) is 0 Å². The molecule has 0 saturated heterocycles. The SMILES string of the molecule is C#CCCCCC(=O)C1CC(=O)CC(=O)C1. The zero-order valence-electron chi connectivity index (χ0n) is 9.33. The van der Waals surface area contributed by atoms with Gasteiger partial charge >= 0.3 is 0 Å². The molecule has 3 heteroatoms. The molecule has 1 aliphatic carbocycles. The summed E-state index contributed by atoms with van der Waals surface area (Å²) in [5.74, 6) is 2.00. The molecule has 86 valence electrons. The normalized spacial score (nSPS) is 17.2.